The molecule has 0 saturated carbocycles. The maximum absolute atomic E-state index is 12.9. The fourth-order valence-electron chi connectivity index (χ4n) is 4.18. The minimum Gasteiger partial charge on any atom is -0.493 e. The van der Waals surface area contributed by atoms with E-state index in [-0.39, 0.29) is 24.2 Å². The normalized spacial score (nSPS) is 16.1. The van der Waals surface area contributed by atoms with E-state index in [1.165, 1.54) is 0 Å². The van der Waals surface area contributed by atoms with Crippen LogP contribution in [0.3, 0.4) is 0 Å². The zero-order valence-corrected chi connectivity index (χ0v) is 18.9. The Hall–Kier alpha value is -3.67. The number of hydrogen-bond acceptors (Lipinski definition) is 4. The van der Waals surface area contributed by atoms with Gasteiger partial charge in [-0.05, 0) is 53.8 Å². The number of hydrogen-bond donors (Lipinski definition) is 1. The number of nitrogens with one attached hydrogen (secondary N) is 1. The van der Waals surface area contributed by atoms with Gasteiger partial charge in [-0.3, -0.25) is 14.6 Å². The number of aryl methyl sites for hydroxylation is 1. The van der Waals surface area contributed by atoms with E-state index >= 15 is 0 Å². The molecule has 0 aliphatic carbocycles. The maximum atomic E-state index is 12.9. The van der Waals surface area contributed by atoms with Crippen molar-refractivity contribution in [3.05, 3.63) is 84.2 Å². The molecule has 2 aromatic carbocycles. The van der Waals surface area contributed by atoms with Crippen LogP contribution in [0.25, 0.3) is 11.1 Å². The third-order valence-corrected chi connectivity index (χ3v) is 5.99. The van der Waals surface area contributed by atoms with Gasteiger partial charge in [-0.1, -0.05) is 42.5 Å². The largest absolute Gasteiger partial charge is 0.493 e. The highest BCUT2D eigenvalue weighted by molar-refractivity contribution is 5.82. The van der Waals surface area contributed by atoms with Gasteiger partial charge in [0.2, 0.25) is 11.8 Å². The predicted molar refractivity (Wildman–Crippen MR) is 128 cm³/mol. The zero-order valence-electron chi connectivity index (χ0n) is 18.9. The zero-order chi connectivity index (χ0) is 23.0. The number of para-hydroxylation sites is 1. The second-order valence-corrected chi connectivity index (χ2v) is 8.29. The smallest absolute Gasteiger partial charge is 0.226 e. The lowest BCUT2D eigenvalue weighted by Crippen LogP contribution is -2.37. The molecule has 0 spiro atoms. The summed E-state index contributed by atoms with van der Waals surface area (Å²) in [6.45, 7) is 3.68. The first-order chi connectivity index (χ1) is 16.1. The Balaban J connectivity index is 1.42. The van der Waals surface area contributed by atoms with E-state index in [9.17, 15) is 9.59 Å². The molecule has 4 rings (SSSR count). The molecule has 1 aliphatic heterocycles. The number of benzene rings is 2. The molecule has 0 bridgehead atoms. The van der Waals surface area contributed by atoms with Crippen molar-refractivity contribution in [2.45, 2.75) is 19.8 Å². The van der Waals surface area contributed by atoms with Crippen LogP contribution in [-0.2, 0) is 16.0 Å². The second kappa shape index (κ2) is 10.8. The summed E-state index contributed by atoms with van der Waals surface area (Å²) >= 11 is 0. The van der Waals surface area contributed by atoms with Gasteiger partial charge in [-0.15, -0.1) is 0 Å². The van der Waals surface area contributed by atoms with E-state index in [2.05, 4.69) is 22.4 Å². The van der Waals surface area contributed by atoms with Gasteiger partial charge >= 0.3 is 0 Å². The van der Waals surface area contributed by atoms with Crippen molar-refractivity contribution < 1.29 is 14.3 Å². The SMILES string of the molecule is Cc1ccccc1OCCC(=O)N1CCNC(=O)[C@H](Cc2ccccc2-c2ccncc2)C1. The van der Waals surface area contributed by atoms with Crippen LogP contribution < -0.4 is 10.1 Å². The van der Waals surface area contributed by atoms with Crippen LogP contribution in [0.15, 0.2) is 73.1 Å². The Bertz CT molecular complexity index is 1100. The monoisotopic (exact) mass is 443 g/mol. The van der Waals surface area contributed by atoms with Crippen LogP contribution in [0.2, 0.25) is 0 Å². The van der Waals surface area contributed by atoms with Crippen molar-refractivity contribution in [2.75, 3.05) is 26.2 Å². The van der Waals surface area contributed by atoms with E-state index in [0.717, 1.165) is 28.0 Å². The highest BCUT2D eigenvalue weighted by Crippen LogP contribution is 2.26. The van der Waals surface area contributed by atoms with Gasteiger partial charge in [0.05, 0.1) is 18.9 Å². The van der Waals surface area contributed by atoms with Crippen molar-refractivity contribution in [1.29, 1.82) is 0 Å². The molecule has 0 unspecified atom stereocenters. The first kappa shape index (κ1) is 22.5. The summed E-state index contributed by atoms with van der Waals surface area (Å²) in [5.41, 5.74) is 4.28. The molecule has 6 nitrogen and oxygen atoms in total. The van der Waals surface area contributed by atoms with Crippen LogP contribution >= 0.6 is 0 Å². The van der Waals surface area contributed by atoms with Crippen molar-refractivity contribution in [3.63, 3.8) is 0 Å². The molecule has 1 aliphatic rings. The van der Waals surface area contributed by atoms with Crippen LogP contribution in [0.4, 0.5) is 0 Å². The fourth-order valence-corrected chi connectivity index (χ4v) is 4.18. The number of ether oxygens (including phenoxy) is 1. The van der Waals surface area contributed by atoms with Crippen LogP contribution in [-0.4, -0.2) is 47.9 Å². The van der Waals surface area contributed by atoms with Crippen molar-refractivity contribution in [2.24, 2.45) is 5.92 Å². The number of rotatable bonds is 7. The van der Waals surface area contributed by atoms with Gasteiger partial charge in [0, 0.05) is 32.0 Å². The van der Waals surface area contributed by atoms with E-state index < -0.39 is 0 Å². The lowest BCUT2D eigenvalue weighted by atomic mass is 9.92. The summed E-state index contributed by atoms with van der Waals surface area (Å²) < 4.78 is 5.80. The second-order valence-electron chi connectivity index (χ2n) is 8.29. The summed E-state index contributed by atoms with van der Waals surface area (Å²) in [5, 5.41) is 2.97. The topological polar surface area (TPSA) is 71.5 Å². The van der Waals surface area contributed by atoms with Crippen molar-refractivity contribution in [1.82, 2.24) is 15.2 Å². The molecule has 6 heteroatoms. The van der Waals surface area contributed by atoms with Gasteiger partial charge in [-0.2, -0.15) is 0 Å². The molecule has 1 saturated heterocycles. The summed E-state index contributed by atoms with van der Waals surface area (Å²) in [5.74, 6) is 0.485. The molecule has 33 heavy (non-hydrogen) atoms. The Morgan fingerprint density at radius 3 is 2.67 bits per heavy atom. The van der Waals surface area contributed by atoms with E-state index in [4.69, 9.17) is 4.74 Å². The molecular formula is C27H29N3O3. The first-order valence-electron chi connectivity index (χ1n) is 11.3. The fraction of sp³-hybridized carbons (Fsp3) is 0.296. The Labute approximate surface area is 194 Å². The van der Waals surface area contributed by atoms with Gasteiger partial charge in [0.1, 0.15) is 5.75 Å². The average Bonchev–Trinajstić information content (AvgIpc) is 3.02. The number of aromatic nitrogens is 1. The van der Waals surface area contributed by atoms with Crippen LogP contribution in [0, 0.1) is 12.8 Å². The molecule has 3 aromatic rings. The molecule has 1 fully saturated rings. The van der Waals surface area contributed by atoms with Gasteiger partial charge < -0.3 is 15.0 Å². The third kappa shape index (κ3) is 5.77. The van der Waals surface area contributed by atoms with Crippen molar-refractivity contribution in [3.8, 4) is 16.9 Å². The minimum absolute atomic E-state index is 0.00695. The summed E-state index contributed by atoms with van der Waals surface area (Å²) in [6.07, 6.45) is 4.38. The quantitative estimate of drug-likeness (QED) is 0.605. The molecule has 1 N–H and O–H groups in total. The van der Waals surface area contributed by atoms with Crippen LogP contribution in [0.5, 0.6) is 5.75 Å². The number of carbonyl (C=O) groups excluding carboxylic acids is 2. The molecule has 1 aromatic heterocycles. The average molecular weight is 444 g/mol. The minimum atomic E-state index is -0.309. The number of carbonyl (C=O) groups is 2. The Morgan fingerprint density at radius 2 is 1.85 bits per heavy atom. The van der Waals surface area contributed by atoms with E-state index in [1.54, 1.807) is 17.3 Å². The highest BCUT2D eigenvalue weighted by atomic mass is 16.5. The first-order valence-corrected chi connectivity index (χ1v) is 11.3. The molecule has 1 atom stereocenters. The lowest BCUT2D eigenvalue weighted by molar-refractivity contribution is -0.132. The van der Waals surface area contributed by atoms with Gasteiger partial charge in [0.25, 0.3) is 0 Å². The van der Waals surface area contributed by atoms with E-state index in [1.807, 2.05) is 55.5 Å². The number of pyridine rings is 1. The molecule has 2 amide bonds. The standard InChI is InChI=1S/C27H29N3O3/c1-20-6-2-5-9-25(20)33-17-12-26(31)30-16-15-29-27(32)23(19-30)18-22-7-3-4-8-24(22)21-10-13-28-14-11-21/h2-11,13-14,23H,12,15-19H2,1H3,(H,29,32)/t23-/m1/s1. The number of amides is 2. The molecule has 0 radical (unpaired) electrons. The highest BCUT2D eigenvalue weighted by Gasteiger charge is 2.28. The predicted octanol–water partition coefficient (Wildman–Crippen LogP) is 3.64. The number of nitrogens with zero attached hydrogens (tertiary/aromatic N) is 2. The Kier molecular flexibility index (Phi) is 7.35. The third-order valence-electron chi connectivity index (χ3n) is 5.99. The maximum Gasteiger partial charge on any atom is 0.226 e. The summed E-state index contributed by atoms with van der Waals surface area (Å²) in [6, 6.07) is 19.8. The van der Waals surface area contributed by atoms with Crippen molar-refractivity contribution >= 4 is 11.8 Å². The summed E-state index contributed by atoms with van der Waals surface area (Å²) in [7, 11) is 0. The lowest BCUT2D eigenvalue weighted by Gasteiger charge is -2.24. The van der Waals surface area contributed by atoms with Crippen LogP contribution in [0.1, 0.15) is 17.5 Å². The molecular weight excluding hydrogens is 414 g/mol. The Morgan fingerprint density at radius 1 is 1.09 bits per heavy atom. The summed E-state index contributed by atoms with van der Waals surface area (Å²) in [4.78, 5) is 31.6. The molecule has 2 heterocycles. The van der Waals surface area contributed by atoms with E-state index in [0.29, 0.717) is 32.7 Å². The van der Waals surface area contributed by atoms with Gasteiger partial charge in [0.15, 0.2) is 0 Å². The molecule has 170 valence electrons. The van der Waals surface area contributed by atoms with Gasteiger partial charge in [-0.25, -0.2) is 0 Å².